The fourth-order valence-electron chi connectivity index (χ4n) is 1.70. The van der Waals surface area contributed by atoms with E-state index in [4.69, 9.17) is 5.73 Å². The zero-order valence-electron chi connectivity index (χ0n) is 12.5. The molecule has 1 amide bonds. The Labute approximate surface area is 139 Å². The van der Waals surface area contributed by atoms with E-state index in [0.29, 0.717) is 5.13 Å². The highest BCUT2D eigenvalue weighted by Gasteiger charge is 2.19. The quantitative estimate of drug-likeness (QED) is 0.884. The Morgan fingerprint density at radius 2 is 1.95 bits per heavy atom. The van der Waals surface area contributed by atoms with Crippen molar-refractivity contribution in [1.82, 2.24) is 4.98 Å². The molecule has 3 N–H and O–H groups in total. The summed E-state index contributed by atoms with van der Waals surface area (Å²) in [6.07, 6.45) is 0. The number of halogens is 1. The van der Waals surface area contributed by atoms with Gasteiger partial charge in [-0.05, 0) is 32.9 Å². The molecule has 0 aliphatic rings. The van der Waals surface area contributed by atoms with E-state index >= 15 is 0 Å². The maximum atomic E-state index is 12.0. The van der Waals surface area contributed by atoms with Gasteiger partial charge in [0, 0.05) is 15.8 Å². The van der Waals surface area contributed by atoms with Crippen molar-refractivity contribution in [3.63, 3.8) is 0 Å². The first-order valence-corrected chi connectivity index (χ1v) is 8.12. The van der Waals surface area contributed by atoms with Crippen molar-refractivity contribution >= 4 is 46.1 Å². The molecular weight excluding hydrogens is 326 g/mol. The normalized spacial score (nSPS) is 13.4. The molecule has 2 aromatic heterocycles. The van der Waals surface area contributed by atoms with E-state index in [9.17, 15) is 4.79 Å². The minimum Gasteiger partial charge on any atom is -0.327 e. The predicted molar refractivity (Wildman–Crippen MR) is 93.6 cm³/mol. The van der Waals surface area contributed by atoms with E-state index in [1.165, 1.54) is 16.2 Å². The molecule has 7 heteroatoms. The zero-order valence-corrected chi connectivity index (χ0v) is 14.9. The highest BCUT2D eigenvalue weighted by molar-refractivity contribution is 7.18. The van der Waals surface area contributed by atoms with Crippen LogP contribution in [0, 0.1) is 19.8 Å². The van der Waals surface area contributed by atoms with Crippen LogP contribution in [0.15, 0.2) is 12.1 Å². The van der Waals surface area contributed by atoms with Crippen molar-refractivity contribution < 1.29 is 4.79 Å². The summed E-state index contributed by atoms with van der Waals surface area (Å²) < 4.78 is 0. The van der Waals surface area contributed by atoms with Crippen LogP contribution in [0.4, 0.5) is 5.13 Å². The SMILES string of the molecule is Cc1ccc(-c2nc(NC(=O)C(C)C(C)N)sc2C)s1.Cl. The average molecular weight is 346 g/mol. The predicted octanol–water partition coefficient (Wildman–Crippen LogP) is 3.83. The Kier molecular flexibility index (Phi) is 6.34. The Bertz CT molecular complexity index is 622. The molecule has 0 aliphatic carbocycles. The van der Waals surface area contributed by atoms with Gasteiger partial charge in [0.2, 0.25) is 5.91 Å². The first-order valence-electron chi connectivity index (χ1n) is 6.49. The lowest BCUT2D eigenvalue weighted by Crippen LogP contribution is -2.34. The minimum atomic E-state index is -0.230. The molecule has 2 atom stereocenters. The third-order valence-corrected chi connectivity index (χ3v) is 5.10. The van der Waals surface area contributed by atoms with Gasteiger partial charge in [-0.3, -0.25) is 4.79 Å². The summed E-state index contributed by atoms with van der Waals surface area (Å²) in [5, 5.41) is 3.49. The summed E-state index contributed by atoms with van der Waals surface area (Å²) in [5.41, 5.74) is 6.70. The molecule has 2 aromatic rings. The Morgan fingerprint density at radius 1 is 1.29 bits per heavy atom. The maximum Gasteiger partial charge on any atom is 0.230 e. The summed E-state index contributed by atoms with van der Waals surface area (Å²) in [5.74, 6) is -0.311. The Morgan fingerprint density at radius 3 is 2.48 bits per heavy atom. The van der Waals surface area contributed by atoms with Crippen molar-refractivity contribution in [2.45, 2.75) is 33.7 Å². The molecule has 0 spiro atoms. The molecule has 0 aliphatic heterocycles. The number of thiophene rings is 1. The highest BCUT2D eigenvalue weighted by atomic mass is 35.5. The molecule has 0 saturated carbocycles. The molecule has 2 unspecified atom stereocenters. The third-order valence-electron chi connectivity index (χ3n) is 3.20. The number of anilines is 1. The van der Waals surface area contributed by atoms with Crippen molar-refractivity contribution in [2.24, 2.45) is 11.7 Å². The van der Waals surface area contributed by atoms with Crippen LogP contribution in [0.3, 0.4) is 0 Å². The maximum absolute atomic E-state index is 12.0. The van der Waals surface area contributed by atoms with Crippen LogP contribution in [0.2, 0.25) is 0 Å². The first kappa shape index (κ1) is 18.1. The average Bonchev–Trinajstić information content (AvgIpc) is 2.94. The van der Waals surface area contributed by atoms with Crippen molar-refractivity contribution in [2.75, 3.05) is 5.32 Å². The number of aromatic nitrogens is 1. The molecule has 0 saturated heterocycles. The molecule has 0 radical (unpaired) electrons. The smallest absolute Gasteiger partial charge is 0.230 e. The van der Waals surface area contributed by atoms with Gasteiger partial charge in [-0.15, -0.1) is 35.1 Å². The summed E-state index contributed by atoms with van der Waals surface area (Å²) >= 11 is 3.21. The first-order chi connectivity index (χ1) is 9.38. The van der Waals surface area contributed by atoms with Gasteiger partial charge in [0.05, 0.1) is 16.5 Å². The van der Waals surface area contributed by atoms with Gasteiger partial charge in [-0.2, -0.15) is 0 Å². The van der Waals surface area contributed by atoms with E-state index in [-0.39, 0.29) is 30.3 Å². The lowest BCUT2D eigenvalue weighted by molar-refractivity contribution is -0.119. The number of aryl methyl sites for hydroxylation is 2. The Hall–Kier alpha value is -0.950. The second-order valence-corrected chi connectivity index (χ2v) is 7.46. The lowest BCUT2D eigenvalue weighted by atomic mass is 10.0. The number of carbonyl (C=O) groups is 1. The van der Waals surface area contributed by atoms with E-state index in [1.807, 2.05) is 20.8 Å². The van der Waals surface area contributed by atoms with Gasteiger partial charge in [0.15, 0.2) is 5.13 Å². The van der Waals surface area contributed by atoms with Gasteiger partial charge >= 0.3 is 0 Å². The molecule has 0 aromatic carbocycles. The number of thiazole rings is 1. The Balaban J connectivity index is 0.00000220. The fraction of sp³-hybridized carbons (Fsp3) is 0.429. The largest absolute Gasteiger partial charge is 0.327 e. The van der Waals surface area contributed by atoms with Crippen LogP contribution in [0.25, 0.3) is 10.6 Å². The highest BCUT2D eigenvalue weighted by Crippen LogP contribution is 2.34. The summed E-state index contributed by atoms with van der Waals surface area (Å²) in [6.45, 7) is 7.75. The summed E-state index contributed by atoms with van der Waals surface area (Å²) in [6, 6.07) is 3.98. The van der Waals surface area contributed by atoms with Crippen LogP contribution in [-0.4, -0.2) is 16.9 Å². The van der Waals surface area contributed by atoms with Crippen LogP contribution in [0.1, 0.15) is 23.6 Å². The van der Waals surface area contributed by atoms with Crippen LogP contribution in [-0.2, 0) is 4.79 Å². The van der Waals surface area contributed by atoms with Gasteiger partial charge in [0.25, 0.3) is 0 Å². The van der Waals surface area contributed by atoms with Gasteiger partial charge in [-0.25, -0.2) is 4.98 Å². The van der Waals surface area contributed by atoms with E-state index in [1.54, 1.807) is 11.3 Å². The van der Waals surface area contributed by atoms with Crippen molar-refractivity contribution in [1.29, 1.82) is 0 Å². The topological polar surface area (TPSA) is 68.0 Å². The molecule has 2 heterocycles. The number of hydrogen-bond acceptors (Lipinski definition) is 5. The number of carbonyl (C=O) groups excluding carboxylic acids is 1. The molecule has 2 rings (SSSR count). The molecule has 4 nitrogen and oxygen atoms in total. The van der Waals surface area contributed by atoms with E-state index in [0.717, 1.165) is 15.4 Å². The second kappa shape index (κ2) is 7.35. The molecule has 0 bridgehead atoms. The van der Waals surface area contributed by atoms with Crippen molar-refractivity contribution in [3.05, 3.63) is 21.9 Å². The fourth-order valence-corrected chi connectivity index (χ4v) is 3.51. The third kappa shape index (κ3) is 4.26. The molecule has 21 heavy (non-hydrogen) atoms. The number of nitrogens with zero attached hydrogens (tertiary/aromatic N) is 1. The number of rotatable bonds is 4. The van der Waals surface area contributed by atoms with Crippen molar-refractivity contribution in [3.8, 4) is 10.6 Å². The van der Waals surface area contributed by atoms with E-state index in [2.05, 4.69) is 29.4 Å². The number of hydrogen-bond donors (Lipinski definition) is 2. The summed E-state index contributed by atoms with van der Waals surface area (Å²) in [7, 11) is 0. The standard InChI is InChI=1S/C14H19N3OS2.ClH/c1-7-5-6-11(19-7)12-10(4)20-14(16-12)17-13(18)8(2)9(3)15;/h5-6,8-9H,15H2,1-4H3,(H,16,17,18);1H. The lowest BCUT2D eigenvalue weighted by Gasteiger charge is -2.13. The van der Waals surface area contributed by atoms with Crippen LogP contribution in [0.5, 0.6) is 0 Å². The minimum absolute atomic E-state index is 0. The number of amides is 1. The van der Waals surface area contributed by atoms with Gasteiger partial charge < -0.3 is 11.1 Å². The summed E-state index contributed by atoms with van der Waals surface area (Å²) in [4.78, 5) is 20.0. The molecule has 0 fully saturated rings. The van der Waals surface area contributed by atoms with Crippen LogP contribution < -0.4 is 11.1 Å². The van der Waals surface area contributed by atoms with E-state index < -0.39 is 0 Å². The number of nitrogens with two attached hydrogens (primary N) is 1. The molecular formula is C14H20ClN3OS2. The van der Waals surface area contributed by atoms with Crippen LogP contribution >= 0.6 is 35.1 Å². The number of nitrogens with one attached hydrogen (secondary N) is 1. The van der Waals surface area contributed by atoms with Gasteiger partial charge in [-0.1, -0.05) is 6.92 Å². The van der Waals surface area contributed by atoms with Gasteiger partial charge in [0.1, 0.15) is 0 Å². The zero-order chi connectivity index (χ0) is 14.9. The molecule has 116 valence electrons. The monoisotopic (exact) mass is 345 g/mol. The second-order valence-electron chi connectivity index (χ2n) is 4.97.